The van der Waals surface area contributed by atoms with Crippen LogP contribution in [0.25, 0.3) is 0 Å². The number of nitrogens with zero attached hydrogens (tertiary/aromatic N) is 2. The number of aryl methyl sites for hydroxylation is 1. The van der Waals surface area contributed by atoms with E-state index in [1.807, 2.05) is 31.2 Å². The summed E-state index contributed by atoms with van der Waals surface area (Å²) in [4.78, 5) is 26.3. The fraction of sp³-hybridized carbons (Fsp3) is 0.286. The van der Waals surface area contributed by atoms with Crippen LogP contribution in [0.3, 0.4) is 0 Å². The first-order valence-electron chi connectivity index (χ1n) is 8.94. The van der Waals surface area contributed by atoms with Crippen LogP contribution in [0.2, 0.25) is 0 Å². The summed E-state index contributed by atoms with van der Waals surface area (Å²) in [5, 5.41) is 4.01. The van der Waals surface area contributed by atoms with Gasteiger partial charge in [0, 0.05) is 30.3 Å². The molecule has 0 spiro atoms. The Balaban J connectivity index is 1.62. The van der Waals surface area contributed by atoms with Crippen LogP contribution in [0.1, 0.15) is 17.5 Å². The Morgan fingerprint density at radius 2 is 1.93 bits per heavy atom. The number of carbonyl (C=O) groups is 2. The van der Waals surface area contributed by atoms with E-state index in [-0.39, 0.29) is 18.2 Å². The van der Waals surface area contributed by atoms with Crippen molar-refractivity contribution >= 4 is 23.7 Å². The molecule has 1 heterocycles. The highest BCUT2D eigenvalue weighted by Crippen LogP contribution is 2.26. The van der Waals surface area contributed by atoms with Crippen LogP contribution in [0.15, 0.2) is 47.6 Å². The molecule has 0 aliphatic carbocycles. The molecule has 1 aliphatic rings. The first-order chi connectivity index (χ1) is 13.5. The predicted octanol–water partition coefficient (Wildman–Crippen LogP) is 2.52. The summed E-state index contributed by atoms with van der Waals surface area (Å²) in [5.74, 6) is 0.456. The second-order valence-corrected chi connectivity index (χ2v) is 6.58. The minimum absolute atomic E-state index is 0.0650. The molecule has 1 fully saturated rings. The molecule has 2 amide bonds. The normalized spacial score (nSPS) is 16.5. The maximum atomic E-state index is 12.4. The Bertz CT molecular complexity index is 893. The molecule has 3 rings (SSSR count). The molecule has 0 radical (unpaired) electrons. The van der Waals surface area contributed by atoms with Crippen molar-refractivity contribution in [3.05, 3.63) is 53.6 Å². The molecule has 7 nitrogen and oxygen atoms in total. The van der Waals surface area contributed by atoms with Crippen molar-refractivity contribution in [2.45, 2.75) is 13.3 Å². The summed E-state index contributed by atoms with van der Waals surface area (Å²) < 4.78 is 10.4. The van der Waals surface area contributed by atoms with Gasteiger partial charge in [0.2, 0.25) is 11.8 Å². The zero-order valence-corrected chi connectivity index (χ0v) is 16.1. The maximum absolute atomic E-state index is 12.4. The number of ether oxygens (including phenoxy) is 2. The number of nitrogens with one attached hydrogen (secondary N) is 1. The van der Waals surface area contributed by atoms with Crippen molar-refractivity contribution in [2.24, 2.45) is 11.0 Å². The van der Waals surface area contributed by atoms with Gasteiger partial charge in [-0.05, 0) is 31.2 Å². The lowest BCUT2D eigenvalue weighted by Crippen LogP contribution is -2.30. The molecule has 1 saturated heterocycles. The van der Waals surface area contributed by atoms with Gasteiger partial charge in [0.25, 0.3) is 0 Å². The number of carbonyl (C=O) groups excluding carboxylic acids is 2. The highest BCUT2D eigenvalue weighted by Gasteiger charge is 2.35. The maximum Gasteiger partial charge on any atom is 0.245 e. The van der Waals surface area contributed by atoms with Crippen LogP contribution in [0.5, 0.6) is 11.5 Å². The minimum Gasteiger partial charge on any atom is -0.497 e. The number of hydrogen-bond donors (Lipinski definition) is 1. The lowest BCUT2D eigenvalue weighted by molar-refractivity contribution is -0.126. The summed E-state index contributed by atoms with van der Waals surface area (Å²) in [6.45, 7) is 2.33. The predicted molar refractivity (Wildman–Crippen MR) is 107 cm³/mol. The first-order valence-corrected chi connectivity index (χ1v) is 8.94. The Labute approximate surface area is 163 Å². The molecule has 0 unspecified atom stereocenters. The molecular formula is C21H23N3O4. The average molecular weight is 381 g/mol. The fourth-order valence-corrected chi connectivity index (χ4v) is 3.04. The van der Waals surface area contributed by atoms with E-state index in [9.17, 15) is 9.59 Å². The minimum atomic E-state index is -0.441. The molecule has 2 aromatic rings. The van der Waals surface area contributed by atoms with Gasteiger partial charge >= 0.3 is 0 Å². The molecule has 0 bridgehead atoms. The van der Waals surface area contributed by atoms with Crippen molar-refractivity contribution in [2.75, 3.05) is 25.7 Å². The van der Waals surface area contributed by atoms with Crippen LogP contribution in [-0.4, -0.2) is 38.8 Å². The Kier molecular flexibility index (Phi) is 5.93. The molecule has 146 valence electrons. The average Bonchev–Trinajstić information content (AvgIpc) is 3.10. The largest absolute Gasteiger partial charge is 0.497 e. The lowest BCUT2D eigenvalue weighted by Gasteiger charge is -2.16. The van der Waals surface area contributed by atoms with Gasteiger partial charge in [0.05, 0.1) is 26.4 Å². The van der Waals surface area contributed by atoms with Gasteiger partial charge in [-0.15, -0.1) is 0 Å². The number of rotatable bonds is 6. The highest BCUT2D eigenvalue weighted by molar-refractivity contribution is 6.00. The van der Waals surface area contributed by atoms with Gasteiger partial charge in [-0.25, -0.2) is 5.43 Å². The SMILES string of the molecule is COc1ccc(/C=N/NC(=O)[C@H]2CC(=O)N(c3ccc(C)cc3)C2)c(OC)c1. The van der Waals surface area contributed by atoms with E-state index >= 15 is 0 Å². The molecule has 7 heteroatoms. The van der Waals surface area contributed by atoms with E-state index in [1.54, 1.807) is 37.3 Å². The second-order valence-electron chi connectivity index (χ2n) is 6.58. The molecule has 2 aromatic carbocycles. The van der Waals surface area contributed by atoms with E-state index in [0.29, 0.717) is 23.6 Å². The smallest absolute Gasteiger partial charge is 0.245 e. The van der Waals surface area contributed by atoms with E-state index in [4.69, 9.17) is 9.47 Å². The van der Waals surface area contributed by atoms with Crippen molar-refractivity contribution in [1.82, 2.24) is 5.43 Å². The van der Waals surface area contributed by atoms with E-state index in [1.165, 1.54) is 6.21 Å². The standard InChI is InChI=1S/C21H23N3O4/c1-14-4-7-17(8-5-14)24-13-16(10-20(24)25)21(26)23-22-12-15-6-9-18(27-2)11-19(15)28-3/h4-9,11-12,16H,10,13H2,1-3H3,(H,23,26)/b22-12+/t16-/m0/s1. The Morgan fingerprint density at radius 3 is 2.61 bits per heavy atom. The van der Waals surface area contributed by atoms with Gasteiger partial charge < -0.3 is 14.4 Å². The van der Waals surface area contributed by atoms with Gasteiger partial charge in [-0.2, -0.15) is 5.10 Å². The Morgan fingerprint density at radius 1 is 1.18 bits per heavy atom. The summed E-state index contributed by atoms with van der Waals surface area (Å²) in [6.07, 6.45) is 1.67. The molecule has 1 atom stereocenters. The fourth-order valence-electron chi connectivity index (χ4n) is 3.04. The number of hydrazone groups is 1. The van der Waals surface area contributed by atoms with Crippen molar-refractivity contribution in [1.29, 1.82) is 0 Å². The number of benzene rings is 2. The van der Waals surface area contributed by atoms with Crippen LogP contribution in [-0.2, 0) is 9.59 Å². The van der Waals surface area contributed by atoms with Crippen LogP contribution < -0.4 is 19.8 Å². The zero-order chi connectivity index (χ0) is 20.1. The quantitative estimate of drug-likeness (QED) is 0.616. The summed E-state index contributed by atoms with van der Waals surface area (Å²) in [6, 6.07) is 13.0. The van der Waals surface area contributed by atoms with Gasteiger partial charge in [0.1, 0.15) is 11.5 Å². The summed E-state index contributed by atoms with van der Waals surface area (Å²) in [5.41, 5.74) is 5.14. The lowest BCUT2D eigenvalue weighted by atomic mass is 10.1. The Hall–Kier alpha value is -3.35. The van der Waals surface area contributed by atoms with E-state index in [2.05, 4.69) is 10.5 Å². The molecule has 1 aliphatic heterocycles. The third-order valence-corrected chi connectivity index (χ3v) is 4.66. The van der Waals surface area contributed by atoms with Crippen LogP contribution in [0, 0.1) is 12.8 Å². The summed E-state index contributed by atoms with van der Waals surface area (Å²) in [7, 11) is 3.13. The zero-order valence-electron chi connectivity index (χ0n) is 16.1. The van der Waals surface area contributed by atoms with Gasteiger partial charge in [-0.1, -0.05) is 17.7 Å². The van der Waals surface area contributed by atoms with Crippen LogP contribution >= 0.6 is 0 Å². The van der Waals surface area contributed by atoms with Gasteiger partial charge in [-0.3, -0.25) is 9.59 Å². The first kappa shape index (κ1) is 19.4. The number of anilines is 1. The highest BCUT2D eigenvalue weighted by atomic mass is 16.5. The number of methoxy groups -OCH3 is 2. The van der Waals surface area contributed by atoms with Crippen molar-refractivity contribution in [3.8, 4) is 11.5 Å². The molecular weight excluding hydrogens is 358 g/mol. The number of amides is 2. The second kappa shape index (κ2) is 8.56. The van der Waals surface area contributed by atoms with Crippen molar-refractivity contribution < 1.29 is 19.1 Å². The third-order valence-electron chi connectivity index (χ3n) is 4.66. The van der Waals surface area contributed by atoms with Crippen LogP contribution in [0.4, 0.5) is 5.69 Å². The van der Waals surface area contributed by atoms with Crippen molar-refractivity contribution in [3.63, 3.8) is 0 Å². The van der Waals surface area contributed by atoms with Gasteiger partial charge in [0.15, 0.2) is 0 Å². The van der Waals surface area contributed by atoms with E-state index in [0.717, 1.165) is 11.3 Å². The molecule has 0 aromatic heterocycles. The number of hydrogen-bond acceptors (Lipinski definition) is 5. The monoisotopic (exact) mass is 381 g/mol. The van der Waals surface area contributed by atoms with E-state index < -0.39 is 5.92 Å². The molecule has 0 saturated carbocycles. The third kappa shape index (κ3) is 4.31. The molecule has 28 heavy (non-hydrogen) atoms. The molecule has 1 N–H and O–H groups in total. The topological polar surface area (TPSA) is 80.2 Å². The summed E-state index contributed by atoms with van der Waals surface area (Å²) >= 11 is 0.